The van der Waals surface area contributed by atoms with Crippen LogP contribution in [-0.2, 0) is 21.8 Å². The molecule has 32 heavy (non-hydrogen) atoms. The zero-order valence-corrected chi connectivity index (χ0v) is 19.3. The van der Waals surface area contributed by atoms with E-state index in [1.807, 2.05) is 11.6 Å². The molecule has 0 atom stereocenters. The minimum Gasteiger partial charge on any atom is -0.461 e. The predicted octanol–water partition coefficient (Wildman–Crippen LogP) is 4.46. The molecule has 166 valence electrons. The number of carbonyl (C=O) groups is 1. The highest BCUT2D eigenvalue weighted by molar-refractivity contribution is 7.98. The van der Waals surface area contributed by atoms with Crippen molar-refractivity contribution in [3.8, 4) is 16.9 Å². The highest BCUT2D eigenvalue weighted by Gasteiger charge is 2.30. The maximum Gasteiger partial charge on any atom is 0.359 e. The number of carbonyl (C=O) groups excluding carboxylic acids is 1. The molecule has 0 bridgehead atoms. The molecule has 0 radical (unpaired) electrons. The number of nitrogens with zero attached hydrogens (tertiary/aromatic N) is 3. The predicted molar refractivity (Wildman–Crippen MR) is 125 cm³/mol. The molecule has 0 aliphatic carbocycles. The summed E-state index contributed by atoms with van der Waals surface area (Å²) < 4.78 is 12.7. The van der Waals surface area contributed by atoms with Crippen molar-refractivity contribution in [1.82, 2.24) is 14.7 Å². The van der Waals surface area contributed by atoms with E-state index in [1.165, 1.54) is 16.0 Å². The van der Waals surface area contributed by atoms with Gasteiger partial charge in [0, 0.05) is 41.4 Å². The van der Waals surface area contributed by atoms with Crippen LogP contribution in [0, 0.1) is 6.92 Å². The van der Waals surface area contributed by atoms with Gasteiger partial charge in [-0.05, 0) is 43.2 Å². The van der Waals surface area contributed by atoms with Crippen LogP contribution in [0.4, 0.5) is 0 Å². The van der Waals surface area contributed by atoms with Crippen molar-refractivity contribution in [3.05, 3.63) is 64.8 Å². The number of hydrogen-bond donors (Lipinski definition) is 0. The Morgan fingerprint density at radius 2 is 1.94 bits per heavy atom. The molecule has 0 unspecified atom stereocenters. The molecule has 0 saturated carbocycles. The molecule has 0 spiro atoms. The van der Waals surface area contributed by atoms with Crippen LogP contribution in [0.25, 0.3) is 16.9 Å². The Bertz CT molecular complexity index is 1130. The monoisotopic (exact) mass is 449 g/mol. The molecule has 0 N–H and O–H groups in total. The van der Waals surface area contributed by atoms with E-state index in [-0.39, 0.29) is 5.97 Å². The second-order valence-corrected chi connectivity index (χ2v) is 9.12. The average molecular weight is 450 g/mol. The largest absolute Gasteiger partial charge is 0.461 e. The zero-order chi connectivity index (χ0) is 22.1. The Morgan fingerprint density at radius 1 is 1.16 bits per heavy atom. The van der Waals surface area contributed by atoms with Gasteiger partial charge in [-0.1, -0.05) is 24.3 Å². The molecule has 2 aromatic carbocycles. The number of thioether (sulfide) groups is 1. The minimum atomic E-state index is -0.357. The second kappa shape index (κ2) is 9.10. The van der Waals surface area contributed by atoms with Crippen LogP contribution >= 0.6 is 11.8 Å². The summed E-state index contributed by atoms with van der Waals surface area (Å²) in [5.41, 5.74) is 6.91. The quantitative estimate of drug-likeness (QED) is 0.536. The van der Waals surface area contributed by atoms with E-state index < -0.39 is 0 Å². The van der Waals surface area contributed by atoms with Crippen molar-refractivity contribution in [3.63, 3.8) is 0 Å². The number of esters is 1. The SMILES string of the molecule is CCOC(=O)c1nn(-c2ccc(CN3CCOCC3)cc2)c2c1CSc1cccc(C)c1-2. The third-order valence-electron chi connectivity index (χ3n) is 5.99. The summed E-state index contributed by atoms with van der Waals surface area (Å²) >= 11 is 1.75. The number of fused-ring (bicyclic) bond motifs is 3. The first kappa shape index (κ1) is 21.2. The van der Waals surface area contributed by atoms with Gasteiger partial charge in [-0.2, -0.15) is 5.10 Å². The fraction of sp³-hybridized carbons (Fsp3) is 0.360. The van der Waals surface area contributed by atoms with Crippen molar-refractivity contribution in [1.29, 1.82) is 0 Å². The lowest BCUT2D eigenvalue weighted by Gasteiger charge is -2.26. The highest BCUT2D eigenvalue weighted by atomic mass is 32.2. The molecule has 1 fully saturated rings. The van der Waals surface area contributed by atoms with Crippen molar-refractivity contribution < 1.29 is 14.3 Å². The fourth-order valence-electron chi connectivity index (χ4n) is 4.37. The van der Waals surface area contributed by atoms with Gasteiger partial charge in [0.2, 0.25) is 0 Å². The molecule has 1 saturated heterocycles. The Morgan fingerprint density at radius 3 is 2.69 bits per heavy atom. The van der Waals surface area contributed by atoms with Gasteiger partial charge in [-0.25, -0.2) is 9.48 Å². The summed E-state index contributed by atoms with van der Waals surface area (Å²) in [6.45, 7) is 8.70. The second-order valence-electron chi connectivity index (χ2n) is 8.10. The Labute approximate surface area is 192 Å². The van der Waals surface area contributed by atoms with Crippen molar-refractivity contribution in [2.75, 3.05) is 32.9 Å². The first-order valence-electron chi connectivity index (χ1n) is 11.1. The van der Waals surface area contributed by atoms with E-state index in [9.17, 15) is 4.79 Å². The summed E-state index contributed by atoms with van der Waals surface area (Å²) in [7, 11) is 0. The lowest BCUT2D eigenvalue weighted by molar-refractivity contribution is 0.0342. The Kier molecular flexibility index (Phi) is 6.04. The van der Waals surface area contributed by atoms with E-state index in [1.54, 1.807) is 11.8 Å². The fourth-order valence-corrected chi connectivity index (χ4v) is 5.52. The van der Waals surface area contributed by atoms with Crippen LogP contribution in [0.2, 0.25) is 0 Å². The van der Waals surface area contributed by atoms with Crippen molar-refractivity contribution in [2.45, 2.75) is 31.0 Å². The molecule has 2 aliphatic rings. The number of benzene rings is 2. The molecule has 3 aromatic rings. The number of ether oxygens (including phenoxy) is 2. The summed E-state index contributed by atoms with van der Waals surface area (Å²) in [6.07, 6.45) is 0. The van der Waals surface area contributed by atoms with Crippen LogP contribution in [0.15, 0.2) is 47.4 Å². The van der Waals surface area contributed by atoms with E-state index >= 15 is 0 Å². The summed E-state index contributed by atoms with van der Waals surface area (Å²) in [5.74, 6) is 0.346. The van der Waals surface area contributed by atoms with Gasteiger partial charge >= 0.3 is 5.97 Å². The zero-order valence-electron chi connectivity index (χ0n) is 18.5. The number of aromatic nitrogens is 2. The molecule has 0 amide bonds. The van der Waals surface area contributed by atoms with Gasteiger partial charge in [0.25, 0.3) is 0 Å². The number of rotatable bonds is 5. The van der Waals surface area contributed by atoms with Gasteiger partial charge in [-0.3, -0.25) is 4.90 Å². The van der Waals surface area contributed by atoms with Crippen molar-refractivity contribution >= 4 is 17.7 Å². The first-order valence-corrected chi connectivity index (χ1v) is 12.1. The summed E-state index contributed by atoms with van der Waals surface area (Å²) in [4.78, 5) is 16.3. The van der Waals surface area contributed by atoms with Gasteiger partial charge in [-0.15, -0.1) is 11.8 Å². The Balaban J connectivity index is 1.55. The van der Waals surface area contributed by atoms with Crippen LogP contribution in [0.3, 0.4) is 0 Å². The van der Waals surface area contributed by atoms with E-state index in [0.717, 1.165) is 55.4 Å². The third-order valence-corrected chi connectivity index (χ3v) is 7.07. The molecule has 1 aromatic heterocycles. The number of morpholine rings is 1. The molecule has 7 heteroatoms. The lowest BCUT2D eigenvalue weighted by Crippen LogP contribution is -2.35. The molecule has 6 nitrogen and oxygen atoms in total. The van der Waals surface area contributed by atoms with Gasteiger partial charge < -0.3 is 9.47 Å². The number of aryl methyl sites for hydroxylation is 1. The maximum atomic E-state index is 12.7. The summed E-state index contributed by atoms with van der Waals surface area (Å²) in [6, 6.07) is 14.8. The number of hydrogen-bond acceptors (Lipinski definition) is 6. The first-order chi connectivity index (χ1) is 15.7. The van der Waals surface area contributed by atoms with Crippen LogP contribution < -0.4 is 0 Å². The van der Waals surface area contributed by atoms with Crippen LogP contribution in [0.1, 0.15) is 34.1 Å². The smallest absolute Gasteiger partial charge is 0.359 e. The third kappa shape index (κ3) is 3.96. The molecule has 3 heterocycles. The van der Waals surface area contributed by atoms with Crippen molar-refractivity contribution in [2.24, 2.45) is 0 Å². The topological polar surface area (TPSA) is 56.6 Å². The normalized spacial score (nSPS) is 15.8. The van der Waals surface area contributed by atoms with Gasteiger partial charge in [0.15, 0.2) is 5.69 Å². The average Bonchev–Trinajstić information content (AvgIpc) is 3.20. The standard InChI is InChI=1S/C25H27N3O3S/c1-3-31-25(29)23-20-16-32-21-6-4-5-17(2)22(21)24(20)28(26-23)19-9-7-18(8-10-19)15-27-11-13-30-14-12-27/h4-10H,3,11-16H2,1-2H3. The van der Waals surface area contributed by atoms with E-state index in [4.69, 9.17) is 14.6 Å². The minimum absolute atomic E-state index is 0.333. The highest BCUT2D eigenvalue weighted by Crippen LogP contribution is 2.45. The molecular formula is C25H27N3O3S. The van der Waals surface area contributed by atoms with Gasteiger partial charge in [0.05, 0.1) is 31.2 Å². The van der Waals surface area contributed by atoms with Crippen LogP contribution in [-0.4, -0.2) is 53.6 Å². The van der Waals surface area contributed by atoms with E-state index in [0.29, 0.717) is 18.1 Å². The van der Waals surface area contributed by atoms with E-state index in [2.05, 4.69) is 54.3 Å². The maximum absolute atomic E-state index is 12.7. The summed E-state index contributed by atoms with van der Waals surface area (Å²) in [5, 5.41) is 4.77. The molecular weight excluding hydrogens is 422 g/mol. The lowest BCUT2D eigenvalue weighted by atomic mass is 10.0. The molecule has 5 rings (SSSR count). The Hall–Kier alpha value is -2.61. The molecule has 2 aliphatic heterocycles. The van der Waals surface area contributed by atoms with Gasteiger partial charge in [0.1, 0.15) is 0 Å². The van der Waals surface area contributed by atoms with Crippen LogP contribution in [0.5, 0.6) is 0 Å².